The summed E-state index contributed by atoms with van der Waals surface area (Å²) in [6.07, 6.45) is 5.27. The molecule has 3 aliphatic rings. The molecule has 3 fully saturated rings. The zero-order valence-corrected chi connectivity index (χ0v) is 11.8. The van der Waals surface area contributed by atoms with Gasteiger partial charge in [0.05, 0.1) is 12.1 Å². The number of aliphatic hydroxyl groups excluding tert-OH is 1. The fraction of sp³-hybridized carbons (Fsp3) is 0.857. The lowest BCUT2D eigenvalue weighted by Gasteiger charge is -2.34. The maximum absolute atomic E-state index is 9.57. The van der Waals surface area contributed by atoms with Crippen molar-refractivity contribution in [2.24, 2.45) is 0 Å². The molecule has 1 aromatic rings. The molecule has 3 unspecified atom stereocenters. The Bertz CT molecular complexity index is 477. The van der Waals surface area contributed by atoms with Crippen LogP contribution in [0.15, 0.2) is 4.52 Å². The van der Waals surface area contributed by atoms with Gasteiger partial charge in [0.15, 0.2) is 5.82 Å². The van der Waals surface area contributed by atoms with E-state index in [1.807, 2.05) is 0 Å². The Hall–Kier alpha value is -0.980. The summed E-state index contributed by atoms with van der Waals surface area (Å²) in [4.78, 5) is 7.12. The van der Waals surface area contributed by atoms with Crippen LogP contribution in [-0.2, 0) is 0 Å². The Morgan fingerprint density at radius 2 is 2.00 bits per heavy atom. The second-order valence-corrected chi connectivity index (χ2v) is 6.56. The summed E-state index contributed by atoms with van der Waals surface area (Å²) in [6, 6.07) is 1.40. The average Bonchev–Trinajstić information content (AvgIpc) is 3.10. The van der Waals surface area contributed by atoms with Crippen molar-refractivity contribution in [1.82, 2.24) is 20.4 Å². The van der Waals surface area contributed by atoms with E-state index in [9.17, 15) is 5.11 Å². The topological polar surface area (TPSA) is 74.4 Å². The van der Waals surface area contributed by atoms with Gasteiger partial charge in [-0.15, -0.1) is 0 Å². The molecule has 0 amide bonds. The highest BCUT2D eigenvalue weighted by atomic mass is 16.5. The van der Waals surface area contributed by atoms with E-state index < -0.39 is 0 Å². The second-order valence-electron chi connectivity index (χ2n) is 6.56. The van der Waals surface area contributed by atoms with Gasteiger partial charge < -0.3 is 19.8 Å². The predicted molar refractivity (Wildman–Crippen MR) is 72.2 cm³/mol. The number of nitrogens with zero attached hydrogens (tertiary/aromatic N) is 3. The molecule has 6 heteroatoms. The third-order valence-electron chi connectivity index (χ3n) is 5.33. The third-order valence-corrected chi connectivity index (χ3v) is 5.33. The first kappa shape index (κ1) is 12.7. The lowest BCUT2D eigenvalue weighted by Crippen LogP contribution is -2.39. The van der Waals surface area contributed by atoms with Gasteiger partial charge in [-0.2, -0.15) is 4.98 Å². The summed E-state index contributed by atoms with van der Waals surface area (Å²) in [7, 11) is 2.24. The average molecular weight is 278 g/mol. The standard InChI is InChI=1S/C14H22N4O2/c1-18-9-2-3-10(18)5-8(4-9)13-16-14(20-17-13)12-6-11(19)7-15-12/h8-12,15,19H,2-7H2,1H3/t8?,9?,10?,11?,12-/m0/s1. The quantitative estimate of drug-likeness (QED) is 0.834. The highest BCUT2D eigenvalue weighted by molar-refractivity contribution is 5.07. The van der Waals surface area contributed by atoms with E-state index in [-0.39, 0.29) is 12.1 Å². The first-order valence-electron chi connectivity index (χ1n) is 7.67. The van der Waals surface area contributed by atoms with Crippen molar-refractivity contribution >= 4 is 0 Å². The molecule has 3 saturated heterocycles. The van der Waals surface area contributed by atoms with Gasteiger partial charge in [-0.3, -0.25) is 0 Å². The molecule has 2 N–H and O–H groups in total. The van der Waals surface area contributed by atoms with Gasteiger partial charge in [-0.1, -0.05) is 5.16 Å². The van der Waals surface area contributed by atoms with Gasteiger partial charge in [-0.25, -0.2) is 0 Å². The minimum atomic E-state index is -0.297. The van der Waals surface area contributed by atoms with Crippen LogP contribution in [-0.4, -0.2) is 51.9 Å². The second kappa shape index (κ2) is 4.79. The lowest BCUT2D eigenvalue weighted by molar-refractivity contribution is 0.157. The van der Waals surface area contributed by atoms with Gasteiger partial charge in [0.1, 0.15) is 0 Å². The number of piperidine rings is 1. The van der Waals surface area contributed by atoms with E-state index in [1.54, 1.807) is 0 Å². The van der Waals surface area contributed by atoms with Crippen molar-refractivity contribution in [3.63, 3.8) is 0 Å². The molecule has 4 heterocycles. The first-order valence-corrected chi connectivity index (χ1v) is 7.67. The van der Waals surface area contributed by atoms with E-state index in [1.165, 1.54) is 12.8 Å². The summed E-state index contributed by atoms with van der Waals surface area (Å²) in [5.41, 5.74) is 0. The zero-order chi connectivity index (χ0) is 13.7. The predicted octanol–water partition coefficient (Wildman–Crippen LogP) is 0.805. The van der Waals surface area contributed by atoms with Crippen LogP contribution in [0, 0.1) is 0 Å². The number of aromatic nitrogens is 2. The fourth-order valence-corrected chi connectivity index (χ4v) is 4.08. The van der Waals surface area contributed by atoms with Crippen LogP contribution in [0.5, 0.6) is 0 Å². The molecular weight excluding hydrogens is 256 g/mol. The summed E-state index contributed by atoms with van der Waals surface area (Å²) in [5, 5.41) is 17.0. The summed E-state index contributed by atoms with van der Waals surface area (Å²) >= 11 is 0. The van der Waals surface area contributed by atoms with E-state index >= 15 is 0 Å². The monoisotopic (exact) mass is 278 g/mol. The Labute approximate surface area is 118 Å². The number of nitrogens with one attached hydrogen (secondary N) is 1. The van der Waals surface area contributed by atoms with Crippen molar-refractivity contribution in [2.75, 3.05) is 13.6 Å². The van der Waals surface area contributed by atoms with Gasteiger partial charge in [0.2, 0.25) is 5.89 Å². The molecule has 0 spiro atoms. The van der Waals surface area contributed by atoms with Crippen LogP contribution in [0.1, 0.15) is 55.8 Å². The minimum absolute atomic E-state index is 0.0224. The van der Waals surface area contributed by atoms with Crippen LogP contribution < -0.4 is 5.32 Å². The van der Waals surface area contributed by atoms with E-state index in [0.717, 1.165) is 18.7 Å². The molecule has 0 saturated carbocycles. The highest BCUT2D eigenvalue weighted by Crippen LogP contribution is 2.41. The van der Waals surface area contributed by atoms with E-state index in [0.29, 0.717) is 36.9 Å². The molecule has 3 aliphatic heterocycles. The number of rotatable bonds is 2. The molecular formula is C14H22N4O2. The maximum Gasteiger partial charge on any atom is 0.243 e. The van der Waals surface area contributed by atoms with Crippen molar-refractivity contribution in [2.45, 2.75) is 62.3 Å². The van der Waals surface area contributed by atoms with Crippen molar-refractivity contribution < 1.29 is 9.63 Å². The Morgan fingerprint density at radius 3 is 2.65 bits per heavy atom. The van der Waals surface area contributed by atoms with Gasteiger partial charge in [0.25, 0.3) is 0 Å². The summed E-state index contributed by atoms with van der Waals surface area (Å²) in [6.45, 7) is 0.612. The number of aliphatic hydroxyl groups is 1. The fourth-order valence-electron chi connectivity index (χ4n) is 4.08. The molecule has 20 heavy (non-hydrogen) atoms. The maximum atomic E-state index is 9.57. The number of fused-ring (bicyclic) bond motifs is 2. The van der Waals surface area contributed by atoms with Crippen LogP contribution in [0.4, 0.5) is 0 Å². The first-order chi connectivity index (χ1) is 9.70. The number of hydrogen-bond donors (Lipinski definition) is 2. The molecule has 0 aliphatic carbocycles. The van der Waals surface area contributed by atoms with Crippen molar-refractivity contribution in [3.8, 4) is 0 Å². The van der Waals surface area contributed by atoms with Crippen LogP contribution in [0.25, 0.3) is 0 Å². The lowest BCUT2D eigenvalue weighted by atomic mass is 9.90. The molecule has 110 valence electrons. The van der Waals surface area contributed by atoms with E-state index in [2.05, 4.69) is 27.4 Å². The SMILES string of the molecule is CN1C2CCC1CC(c1noc([C@@H]3CC(O)CN3)n1)C2. The number of hydrogen-bond acceptors (Lipinski definition) is 6. The molecule has 4 rings (SSSR count). The Balaban J connectivity index is 1.48. The van der Waals surface area contributed by atoms with Crippen LogP contribution >= 0.6 is 0 Å². The Kier molecular flexibility index (Phi) is 3.05. The van der Waals surface area contributed by atoms with Gasteiger partial charge in [0, 0.05) is 24.5 Å². The number of β-amino-alcohol motifs (C(OH)–C–C–N with tert-alkyl or cyclic N) is 1. The van der Waals surface area contributed by atoms with Gasteiger partial charge in [-0.05, 0) is 39.2 Å². The summed E-state index contributed by atoms with van der Waals surface area (Å²) < 4.78 is 5.42. The normalized spacial score (nSPS) is 41.4. The largest absolute Gasteiger partial charge is 0.392 e. The minimum Gasteiger partial charge on any atom is -0.392 e. The van der Waals surface area contributed by atoms with Gasteiger partial charge >= 0.3 is 0 Å². The smallest absolute Gasteiger partial charge is 0.243 e. The van der Waals surface area contributed by atoms with E-state index in [4.69, 9.17) is 4.52 Å². The van der Waals surface area contributed by atoms with Crippen molar-refractivity contribution in [1.29, 1.82) is 0 Å². The highest BCUT2D eigenvalue weighted by Gasteiger charge is 2.40. The molecule has 2 bridgehead atoms. The van der Waals surface area contributed by atoms with Crippen LogP contribution in [0.3, 0.4) is 0 Å². The van der Waals surface area contributed by atoms with Crippen molar-refractivity contribution in [3.05, 3.63) is 11.7 Å². The third kappa shape index (κ3) is 2.06. The molecule has 1 aromatic heterocycles. The molecule has 0 radical (unpaired) electrons. The molecule has 4 atom stereocenters. The molecule has 6 nitrogen and oxygen atoms in total. The zero-order valence-electron chi connectivity index (χ0n) is 11.8. The molecule has 0 aromatic carbocycles. The van der Waals surface area contributed by atoms with Crippen LogP contribution in [0.2, 0.25) is 0 Å². The summed E-state index contributed by atoms with van der Waals surface area (Å²) in [5.74, 6) is 1.95. The Morgan fingerprint density at radius 1 is 1.25 bits per heavy atom.